The Bertz CT molecular complexity index is 730. The first-order chi connectivity index (χ1) is 11.6. The summed E-state index contributed by atoms with van der Waals surface area (Å²) in [6.07, 6.45) is 1.08. The smallest absolute Gasteiger partial charge is 0.230 e. The molecule has 2 aromatic rings. The summed E-state index contributed by atoms with van der Waals surface area (Å²) in [5.41, 5.74) is 2.04. The molecule has 2 amide bonds. The van der Waals surface area contributed by atoms with Gasteiger partial charge >= 0.3 is 0 Å². The predicted molar refractivity (Wildman–Crippen MR) is 92.4 cm³/mol. The van der Waals surface area contributed by atoms with Crippen molar-refractivity contribution >= 4 is 17.6 Å². The van der Waals surface area contributed by atoms with Crippen molar-refractivity contribution in [2.24, 2.45) is 5.92 Å². The lowest BCUT2D eigenvalue weighted by atomic mass is 10.1. The van der Waals surface area contributed by atoms with Gasteiger partial charge in [0, 0.05) is 25.2 Å². The number of benzene rings is 1. The highest BCUT2D eigenvalue weighted by molar-refractivity contribution is 5.96. The number of hydrogen-bond donors (Lipinski definition) is 1. The van der Waals surface area contributed by atoms with E-state index in [1.165, 1.54) is 5.56 Å². The first-order valence-electron chi connectivity index (χ1n) is 8.18. The molecule has 1 fully saturated rings. The van der Waals surface area contributed by atoms with Crippen LogP contribution in [-0.2, 0) is 16.0 Å². The number of carbonyl (C=O) groups is 2. The molecule has 24 heavy (non-hydrogen) atoms. The largest absolute Gasteiger partial charge is 0.342 e. The number of amides is 2. The summed E-state index contributed by atoms with van der Waals surface area (Å²) in [5, 5.41) is 2.81. The van der Waals surface area contributed by atoms with Gasteiger partial charge < -0.3 is 10.2 Å². The van der Waals surface area contributed by atoms with Crippen molar-refractivity contribution in [1.29, 1.82) is 0 Å². The molecule has 0 aliphatic carbocycles. The van der Waals surface area contributed by atoms with Gasteiger partial charge in [-0.1, -0.05) is 36.4 Å². The molecule has 0 bridgehead atoms. The van der Waals surface area contributed by atoms with Crippen LogP contribution in [0.15, 0.2) is 48.5 Å². The van der Waals surface area contributed by atoms with Crippen LogP contribution < -0.4 is 5.32 Å². The van der Waals surface area contributed by atoms with Crippen molar-refractivity contribution in [1.82, 2.24) is 9.88 Å². The number of nitrogens with zero attached hydrogens (tertiary/aromatic N) is 2. The van der Waals surface area contributed by atoms with Crippen molar-refractivity contribution in [2.45, 2.75) is 19.8 Å². The average molecular weight is 323 g/mol. The molecule has 1 atom stereocenters. The minimum absolute atomic E-state index is 0.0447. The normalized spacial score (nSPS) is 17.1. The summed E-state index contributed by atoms with van der Waals surface area (Å²) in [5.74, 6) is 0.137. The minimum atomic E-state index is -0.310. The third-order valence-corrected chi connectivity index (χ3v) is 4.24. The quantitative estimate of drug-likeness (QED) is 0.919. The van der Waals surface area contributed by atoms with Gasteiger partial charge in [-0.15, -0.1) is 0 Å². The summed E-state index contributed by atoms with van der Waals surface area (Å²) in [6.45, 7) is 3.00. The standard InChI is InChI=1S/C19H21N3O2/c1-14-6-5-9-17(20-14)21-19(24)16-12-18(23)22(13-16)11-10-15-7-3-2-4-8-15/h2-9,16H,10-13H2,1H3,(H,20,21,24)/t16-/m1/s1. The third kappa shape index (κ3) is 3.98. The van der Waals surface area contributed by atoms with Gasteiger partial charge in [-0.05, 0) is 31.0 Å². The summed E-state index contributed by atoms with van der Waals surface area (Å²) < 4.78 is 0. The topological polar surface area (TPSA) is 62.3 Å². The summed E-state index contributed by atoms with van der Waals surface area (Å²) in [6, 6.07) is 15.5. The number of anilines is 1. The highest BCUT2D eigenvalue weighted by Gasteiger charge is 2.34. The van der Waals surface area contributed by atoms with Crippen LogP contribution in [0.3, 0.4) is 0 Å². The second-order valence-corrected chi connectivity index (χ2v) is 6.13. The Kier molecular flexibility index (Phi) is 4.89. The van der Waals surface area contributed by atoms with Crippen LogP contribution in [0, 0.1) is 12.8 Å². The van der Waals surface area contributed by atoms with E-state index in [2.05, 4.69) is 10.3 Å². The van der Waals surface area contributed by atoms with Crippen molar-refractivity contribution < 1.29 is 9.59 Å². The van der Waals surface area contributed by atoms with E-state index < -0.39 is 0 Å². The molecular weight excluding hydrogens is 302 g/mol. The molecule has 0 radical (unpaired) electrons. The Morgan fingerprint density at radius 3 is 2.75 bits per heavy atom. The molecule has 1 aliphatic heterocycles. The number of aryl methyl sites for hydroxylation is 1. The van der Waals surface area contributed by atoms with Crippen molar-refractivity contribution in [2.75, 3.05) is 18.4 Å². The van der Waals surface area contributed by atoms with Crippen molar-refractivity contribution in [3.05, 3.63) is 59.8 Å². The number of carbonyl (C=O) groups excluding carboxylic acids is 2. The third-order valence-electron chi connectivity index (χ3n) is 4.24. The van der Waals surface area contributed by atoms with Crippen LogP contribution in [0.5, 0.6) is 0 Å². The number of nitrogens with one attached hydrogen (secondary N) is 1. The number of pyridine rings is 1. The number of likely N-dealkylation sites (tertiary alicyclic amines) is 1. The predicted octanol–water partition coefficient (Wildman–Crippen LogP) is 2.42. The molecule has 124 valence electrons. The Morgan fingerprint density at radius 2 is 2.00 bits per heavy atom. The molecule has 1 aromatic heterocycles. The maximum atomic E-state index is 12.4. The molecule has 2 heterocycles. The lowest BCUT2D eigenvalue weighted by molar-refractivity contribution is -0.128. The summed E-state index contributed by atoms with van der Waals surface area (Å²) in [7, 11) is 0. The molecule has 1 saturated heterocycles. The lowest BCUT2D eigenvalue weighted by Gasteiger charge is -2.16. The van der Waals surface area contributed by atoms with Crippen LogP contribution >= 0.6 is 0 Å². The van der Waals surface area contributed by atoms with Crippen LogP contribution in [0.4, 0.5) is 5.82 Å². The number of aromatic nitrogens is 1. The number of hydrogen-bond acceptors (Lipinski definition) is 3. The summed E-state index contributed by atoms with van der Waals surface area (Å²) >= 11 is 0. The first kappa shape index (κ1) is 16.2. The van der Waals surface area contributed by atoms with Crippen LogP contribution in [-0.4, -0.2) is 34.8 Å². The molecule has 1 N–H and O–H groups in total. The SMILES string of the molecule is Cc1cccc(NC(=O)[C@@H]2CC(=O)N(CCc3ccccc3)C2)n1. The molecule has 1 aliphatic rings. The zero-order valence-corrected chi connectivity index (χ0v) is 13.7. The zero-order chi connectivity index (χ0) is 16.9. The second-order valence-electron chi connectivity index (χ2n) is 6.13. The molecule has 5 nitrogen and oxygen atoms in total. The minimum Gasteiger partial charge on any atom is -0.342 e. The Hall–Kier alpha value is -2.69. The van der Waals surface area contributed by atoms with E-state index in [0.717, 1.165) is 12.1 Å². The van der Waals surface area contributed by atoms with Crippen molar-refractivity contribution in [3.63, 3.8) is 0 Å². The molecule has 0 saturated carbocycles. The molecule has 0 unspecified atom stereocenters. The van der Waals surface area contributed by atoms with Gasteiger partial charge in [0.1, 0.15) is 5.82 Å². The van der Waals surface area contributed by atoms with Gasteiger partial charge in [0.2, 0.25) is 11.8 Å². The molecule has 3 rings (SSSR count). The molecule has 1 aromatic carbocycles. The highest BCUT2D eigenvalue weighted by atomic mass is 16.2. The van der Waals surface area contributed by atoms with Crippen LogP contribution in [0.2, 0.25) is 0 Å². The van der Waals surface area contributed by atoms with Gasteiger partial charge in [-0.25, -0.2) is 4.98 Å². The molecule has 0 spiro atoms. The van der Waals surface area contributed by atoms with Gasteiger partial charge in [0.05, 0.1) is 5.92 Å². The fourth-order valence-electron chi connectivity index (χ4n) is 2.91. The number of rotatable bonds is 5. The Morgan fingerprint density at radius 1 is 1.21 bits per heavy atom. The van der Waals surface area contributed by atoms with E-state index in [1.54, 1.807) is 11.0 Å². The van der Waals surface area contributed by atoms with Gasteiger partial charge in [0.25, 0.3) is 0 Å². The van der Waals surface area contributed by atoms with Crippen molar-refractivity contribution in [3.8, 4) is 0 Å². The van der Waals surface area contributed by atoms with Gasteiger partial charge in [-0.3, -0.25) is 9.59 Å². The molecular formula is C19H21N3O2. The van der Waals surface area contributed by atoms with Gasteiger partial charge in [0.15, 0.2) is 0 Å². The monoisotopic (exact) mass is 323 g/mol. The van der Waals surface area contributed by atoms with Gasteiger partial charge in [-0.2, -0.15) is 0 Å². The second kappa shape index (κ2) is 7.25. The van der Waals surface area contributed by atoms with E-state index in [-0.39, 0.29) is 24.2 Å². The summed E-state index contributed by atoms with van der Waals surface area (Å²) in [4.78, 5) is 30.6. The lowest BCUT2D eigenvalue weighted by Crippen LogP contribution is -2.30. The van der Waals surface area contributed by atoms with E-state index >= 15 is 0 Å². The zero-order valence-electron chi connectivity index (χ0n) is 13.7. The van der Waals surface area contributed by atoms with E-state index in [1.807, 2.05) is 49.4 Å². The Balaban J connectivity index is 1.55. The fourth-order valence-corrected chi connectivity index (χ4v) is 2.91. The molecule has 5 heteroatoms. The first-order valence-corrected chi connectivity index (χ1v) is 8.18. The highest BCUT2D eigenvalue weighted by Crippen LogP contribution is 2.20. The average Bonchev–Trinajstić information content (AvgIpc) is 2.95. The Labute approximate surface area is 141 Å². The maximum Gasteiger partial charge on any atom is 0.230 e. The van der Waals surface area contributed by atoms with E-state index in [4.69, 9.17) is 0 Å². The van der Waals surface area contributed by atoms with E-state index in [9.17, 15) is 9.59 Å². The van der Waals surface area contributed by atoms with Crippen LogP contribution in [0.25, 0.3) is 0 Å². The maximum absolute atomic E-state index is 12.4. The fraction of sp³-hybridized carbons (Fsp3) is 0.316. The van der Waals surface area contributed by atoms with E-state index in [0.29, 0.717) is 18.9 Å². The van der Waals surface area contributed by atoms with Crippen LogP contribution in [0.1, 0.15) is 17.7 Å².